The van der Waals surface area contributed by atoms with Crippen molar-refractivity contribution >= 4 is 21.6 Å². The van der Waals surface area contributed by atoms with Gasteiger partial charge < -0.3 is 19.7 Å². The van der Waals surface area contributed by atoms with Gasteiger partial charge >= 0.3 is 0 Å². The minimum absolute atomic E-state index is 0.239. The Hall–Kier alpha value is -2.67. The lowest BCUT2D eigenvalue weighted by Gasteiger charge is -2.17. The van der Waals surface area contributed by atoms with E-state index in [1.807, 2.05) is 35.7 Å². The molecule has 2 aromatic heterocycles. The average molecular weight is 407 g/mol. The predicted molar refractivity (Wildman–Crippen MR) is 114 cm³/mol. The molecule has 2 N–H and O–H groups in total. The van der Waals surface area contributed by atoms with Crippen LogP contribution in [0.5, 0.6) is 5.75 Å². The SMILES string of the molecule is OC(CNC1Cc2ccccc2C1)COc1cccc(-c2noc3ccsc23)c1. The zero-order valence-electron chi connectivity index (χ0n) is 15.9. The van der Waals surface area contributed by atoms with Crippen LogP contribution in [0.25, 0.3) is 21.5 Å². The highest BCUT2D eigenvalue weighted by atomic mass is 32.1. The molecule has 2 heterocycles. The molecule has 4 aromatic rings. The monoisotopic (exact) mass is 406 g/mol. The number of nitrogens with zero attached hydrogens (tertiary/aromatic N) is 1. The molecule has 0 bridgehead atoms. The molecule has 0 spiro atoms. The Bertz CT molecular complexity index is 1090. The Morgan fingerprint density at radius 1 is 1.14 bits per heavy atom. The maximum Gasteiger partial charge on any atom is 0.178 e. The molecule has 1 atom stereocenters. The van der Waals surface area contributed by atoms with Crippen LogP contribution < -0.4 is 10.1 Å². The van der Waals surface area contributed by atoms with Gasteiger partial charge in [-0.25, -0.2) is 0 Å². The number of aliphatic hydroxyl groups excluding tert-OH is 1. The molecule has 0 saturated carbocycles. The Kier molecular flexibility index (Phi) is 5.06. The van der Waals surface area contributed by atoms with Crippen molar-refractivity contribution in [3.63, 3.8) is 0 Å². The van der Waals surface area contributed by atoms with Crippen LogP contribution in [0.2, 0.25) is 0 Å². The van der Waals surface area contributed by atoms with Crippen LogP contribution in [0.1, 0.15) is 11.1 Å². The first-order chi connectivity index (χ1) is 14.3. The number of nitrogens with one attached hydrogen (secondary N) is 1. The van der Waals surface area contributed by atoms with Crippen molar-refractivity contribution in [1.29, 1.82) is 0 Å². The fourth-order valence-corrected chi connectivity index (χ4v) is 4.67. The number of benzene rings is 2. The van der Waals surface area contributed by atoms with Crippen LogP contribution in [0.4, 0.5) is 0 Å². The molecule has 1 aliphatic rings. The highest BCUT2D eigenvalue weighted by Gasteiger charge is 2.21. The summed E-state index contributed by atoms with van der Waals surface area (Å²) in [5, 5.41) is 20.0. The lowest BCUT2D eigenvalue weighted by molar-refractivity contribution is 0.104. The smallest absolute Gasteiger partial charge is 0.178 e. The molecule has 0 aliphatic heterocycles. The molecule has 0 amide bonds. The number of aliphatic hydroxyl groups is 1. The average Bonchev–Trinajstić information content (AvgIpc) is 3.45. The molecular formula is C23H22N2O3S. The summed E-state index contributed by atoms with van der Waals surface area (Å²) in [6.07, 6.45) is 1.46. The Morgan fingerprint density at radius 3 is 2.79 bits per heavy atom. The van der Waals surface area contributed by atoms with E-state index in [0.717, 1.165) is 34.4 Å². The predicted octanol–water partition coefficient (Wildman–Crippen LogP) is 4.05. The quantitative estimate of drug-likeness (QED) is 0.485. The van der Waals surface area contributed by atoms with Gasteiger partial charge in [-0.15, -0.1) is 11.3 Å². The summed E-state index contributed by atoms with van der Waals surface area (Å²) in [6.45, 7) is 0.751. The van der Waals surface area contributed by atoms with Gasteiger partial charge in [-0.3, -0.25) is 0 Å². The van der Waals surface area contributed by atoms with Crippen LogP contribution >= 0.6 is 11.3 Å². The van der Waals surface area contributed by atoms with Gasteiger partial charge in [0.2, 0.25) is 0 Å². The molecule has 2 aromatic carbocycles. The summed E-state index contributed by atoms with van der Waals surface area (Å²) >= 11 is 1.61. The van der Waals surface area contributed by atoms with Gasteiger partial charge in [-0.2, -0.15) is 0 Å². The minimum Gasteiger partial charge on any atom is -0.491 e. The summed E-state index contributed by atoms with van der Waals surface area (Å²) in [5.74, 6) is 0.711. The lowest BCUT2D eigenvalue weighted by Crippen LogP contribution is -2.38. The number of fused-ring (bicyclic) bond motifs is 2. The van der Waals surface area contributed by atoms with E-state index in [4.69, 9.17) is 9.26 Å². The van der Waals surface area contributed by atoms with Crippen molar-refractivity contribution < 1.29 is 14.4 Å². The summed E-state index contributed by atoms with van der Waals surface area (Å²) in [5.41, 5.74) is 5.37. The molecule has 1 unspecified atom stereocenters. The Balaban J connectivity index is 1.15. The molecule has 1 aliphatic carbocycles. The minimum atomic E-state index is -0.571. The van der Waals surface area contributed by atoms with Gasteiger partial charge in [0.1, 0.15) is 28.9 Å². The van der Waals surface area contributed by atoms with Crippen LogP contribution in [0.15, 0.2) is 64.5 Å². The first-order valence-corrected chi connectivity index (χ1v) is 10.7. The zero-order valence-corrected chi connectivity index (χ0v) is 16.7. The number of hydrogen-bond donors (Lipinski definition) is 2. The van der Waals surface area contributed by atoms with Crippen LogP contribution in [-0.2, 0) is 12.8 Å². The fraction of sp³-hybridized carbons (Fsp3) is 0.261. The van der Waals surface area contributed by atoms with E-state index in [2.05, 4.69) is 34.7 Å². The fourth-order valence-electron chi connectivity index (χ4n) is 3.85. The summed E-state index contributed by atoms with van der Waals surface area (Å²) in [6, 6.07) is 18.6. The molecule has 5 rings (SSSR count). The third-order valence-electron chi connectivity index (χ3n) is 5.32. The second-order valence-electron chi connectivity index (χ2n) is 7.42. The third kappa shape index (κ3) is 3.92. The number of rotatable bonds is 7. The number of hydrogen-bond acceptors (Lipinski definition) is 6. The highest BCUT2D eigenvalue weighted by molar-refractivity contribution is 7.17. The molecule has 5 nitrogen and oxygen atoms in total. The second kappa shape index (κ2) is 7.99. The normalized spacial score (nSPS) is 14.9. The highest BCUT2D eigenvalue weighted by Crippen LogP contribution is 2.33. The van der Waals surface area contributed by atoms with E-state index < -0.39 is 6.10 Å². The van der Waals surface area contributed by atoms with Crippen molar-refractivity contribution in [2.45, 2.75) is 25.0 Å². The van der Waals surface area contributed by atoms with Gasteiger partial charge in [0.05, 0.1) is 0 Å². The van der Waals surface area contributed by atoms with Crippen molar-refractivity contribution in [3.8, 4) is 17.0 Å². The summed E-state index contributed by atoms with van der Waals surface area (Å²) < 4.78 is 12.2. The first-order valence-electron chi connectivity index (χ1n) is 9.80. The van der Waals surface area contributed by atoms with Gasteiger partial charge in [-0.05, 0) is 47.5 Å². The van der Waals surface area contributed by atoms with Gasteiger partial charge in [-0.1, -0.05) is 41.6 Å². The van der Waals surface area contributed by atoms with E-state index in [0.29, 0.717) is 18.3 Å². The van der Waals surface area contributed by atoms with E-state index in [-0.39, 0.29) is 6.61 Å². The molecular weight excluding hydrogens is 384 g/mol. The first kappa shape index (κ1) is 18.4. The number of thiophene rings is 1. The van der Waals surface area contributed by atoms with Crippen LogP contribution in [-0.4, -0.2) is 35.6 Å². The Labute approximate surface area is 172 Å². The van der Waals surface area contributed by atoms with Crippen LogP contribution in [0.3, 0.4) is 0 Å². The van der Waals surface area contributed by atoms with Crippen molar-refractivity contribution in [2.24, 2.45) is 0 Å². The van der Waals surface area contributed by atoms with Crippen molar-refractivity contribution in [2.75, 3.05) is 13.2 Å². The van der Waals surface area contributed by atoms with Crippen molar-refractivity contribution in [1.82, 2.24) is 10.5 Å². The summed E-state index contributed by atoms with van der Waals surface area (Å²) in [7, 11) is 0. The molecule has 6 heteroatoms. The molecule has 0 fully saturated rings. The van der Waals surface area contributed by atoms with Gasteiger partial charge in [0, 0.05) is 18.2 Å². The van der Waals surface area contributed by atoms with Crippen LogP contribution in [0, 0.1) is 0 Å². The van der Waals surface area contributed by atoms with E-state index in [1.54, 1.807) is 11.3 Å². The summed E-state index contributed by atoms with van der Waals surface area (Å²) in [4.78, 5) is 0. The van der Waals surface area contributed by atoms with Gasteiger partial charge in [0.25, 0.3) is 0 Å². The number of ether oxygens (including phenoxy) is 1. The molecule has 0 radical (unpaired) electrons. The molecule has 29 heavy (non-hydrogen) atoms. The largest absolute Gasteiger partial charge is 0.491 e. The van der Waals surface area contributed by atoms with E-state index in [1.165, 1.54) is 11.1 Å². The third-order valence-corrected chi connectivity index (χ3v) is 6.22. The zero-order chi connectivity index (χ0) is 19.6. The molecule has 148 valence electrons. The van der Waals surface area contributed by atoms with Crippen molar-refractivity contribution in [3.05, 3.63) is 71.1 Å². The lowest BCUT2D eigenvalue weighted by atomic mass is 10.1. The van der Waals surface area contributed by atoms with E-state index >= 15 is 0 Å². The standard InChI is InChI=1S/C23H22N2O3S/c26-19(13-24-18-10-15-4-1-2-5-16(15)11-18)14-27-20-7-3-6-17(12-20)22-23-21(28-25-22)8-9-29-23/h1-9,12,18-19,24,26H,10-11,13-14H2. The molecule has 0 saturated heterocycles. The maximum absolute atomic E-state index is 10.3. The van der Waals surface area contributed by atoms with Gasteiger partial charge in [0.15, 0.2) is 5.58 Å². The Morgan fingerprint density at radius 2 is 1.97 bits per heavy atom. The second-order valence-corrected chi connectivity index (χ2v) is 8.34. The maximum atomic E-state index is 10.3. The topological polar surface area (TPSA) is 67.5 Å². The van der Waals surface area contributed by atoms with E-state index in [9.17, 15) is 5.11 Å². The number of aromatic nitrogens is 1.